The maximum Gasteiger partial charge on any atom is 0.141 e. The van der Waals surface area contributed by atoms with E-state index in [4.69, 9.17) is 4.98 Å². The lowest BCUT2D eigenvalue weighted by atomic mass is 10.2. The Morgan fingerprint density at radius 3 is 2.86 bits per heavy atom. The van der Waals surface area contributed by atoms with Crippen LogP contribution in [0.15, 0.2) is 17.5 Å². The number of fused-ring (bicyclic) bond motifs is 1. The molecule has 0 saturated carbocycles. The van der Waals surface area contributed by atoms with Crippen molar-refractivity contribution in [1.82, 2.24) is 19.7 Å². The van der Waals surface area contributed by atoms with Crippen molar-refractivity contribution in [2.24, 2.45) is 0 Å². The van der Waals surface area contributed by atoms with Crippen LogP contribution in [0.25, 0.3) is 10.2 Å². The summed E-state index contributed by atoms with van der Waals surface area (Å²) in [4.78, 5) is 12.7. The monoisotopic (exact) mass is 313 g/mol. The summed E-state index contributed by atoms with van der Waals surface area (Å²) in [7, 11) is 0. The fourth-order valence-corrected chi connectivity index (χ4v) is 4.14. The van der Waals surface area contributed by atoms with Crippen LogP contribution in [0.1, 0.15) is 29.7 Å². The van der Waals surface area contributed by atoms with Gasteiger partial charge in [0.1, 0.15) is 16.5 Å². The molecule has 0 bridgehead atoms. The topological polar surface area (TPSA) is 46.8 Å². The third kappa shape index (κ3) is 2.18. The summed E-state index contributed by atoms with van der Waals surface area (Å²) in [6.45, 7) is 8.14. The predicted octanol–water partition coefficient (Wildman–Crippen LogP) is 3.26. The minimum atomic E-state index is 0.428. The summed E-state index contributed by atoms with van der Waals surface area (Å²) >= 11 is 1.68. The molecule has 1 fully saturated rings. The first kappa shape index (κ1) is 13.7. The molecule has 0 unspecified atom stereocenters. The van der Waals surface area contributed by atoms with Crippen molar-refractivity contribution < 1.29 is 0 Å². The molecule has 0 spiro atoms. The van der Waals surface area contributed by atoms with E-state index >= 15 is 0 Å². The highest BCUT2D eigenvalue weighted by atomic mass is 32.1. The molecule has 22 heavy (non-hydrogen) atoms. The molecule has 0 N–H and O–H groups in total. The van der Waals surface area contributed by atoms with Gasteiger partial charge >= 0.3 is 0 Å². The van der Waals surface area contributed by atoms with Crippen LogP contribution in [0.3, 0.4) is 0 Å². The summed E-state index contributed by atoms with van der Waals surface area (Å²) in [5.41, 5.74) is 2.33. The Hall–Kier alpha value is -1.95. The first-order valence-corrected chi connectivity index (χ1v) is 8.49. The Kier molecular flexibility index (Phi) is 3.14. The quantitative estimate of drug-likeness (QED) is 0.728. The second-order valence-electron chi connectivity index (χ2n) is 5.99. The third-order valence-electron chi connectivity index (χ3n) is 4.27. The minimum absolute atomic E-state index is 0.428. The van der Waals surface area contributed by atoms with Crippen LogP contribution in [-0.4, -0.2) is 32.8 Å². The Bertz CT molecular complexity index is 834. The highest BCUT2D eigenvalue weighted by molar-refractivity contribution is 7.16. The fraction of sp³-hybridized carbons (Fsp3) is 0.438. The summed E-state index contributed by atoms with van der Waals surface area (Å²) in [5.74, 6) is 1.92. The van der Waals surface area contributed by atoms with Gasteiger partial charge in [0, 0.05) is 18.8 Å². The van der Waals surface area contributed by atoms with Crippen LogP contribution in [0, 0.1) is 20.8 Å². The van der Waals surface area contributed by atoms with Crippen LogP contribution in [0.4, 0.5) is 5.82 Å². The molecule has 0 aromatic carbocycles. The van der Waals surface area contributed by atoms with Crippen molar-refractivity contribution in [3.8, 4) is 0 Å². The molecule has 5 nitrogen and oxygen atoms in total. The summed E-state index contributed by atoms with van der Waals surface area (Å²) in [6.07, 6.45) is 1.11. The normalized spacial score (nSPS) is 18.5. The average molecular weight is 313 g/mol. The number of aryl methyl sites for hydroxylation is 3. The Morgan fingerprint density at radius 2 is 2.09 bits per heavy atom. The van der Waals surface area contributed by atoms with E-state index in [-0.39, 0.29) is 0 Å². The second-order valence-corrected chi connectivity index (χ2v) is 6.89. The van der Waals surface area contributed by atoms with Crippen molar-refractivity contribution in [3.63, 3.8) is 0 Å². The van der Waals surface area contributed by atoms with Gasteiger partial charge < -0.3 is 4.90 Å². The van der Waals surface area contributed by atoms with Gasteiger partial charge in [0.2, 0.25) is 0 Å². The number of hydrogen-bond donors (Lipinski definition) is 0. The lowest BCUT2D eigenvalue weighted by Crippen LogP contribution is -2.23. The largest absolute Gasteiger partial charge is 0.354 e. The van der Waals surface area contributed by atoms with Crippen LogP contribution in [0.2, 0.25) is 0 Å². The Labute approximate surface area is 133 Å². The lowest BCUT2D eigenvalue weighted by Gasteiger charge is -2.19. The van der Waals surface area contributed by atoms with Gasteiger partial charge in [-0.15, -0.1) is 11.3 Å². The molecule has 6 heteroatoms. The fourth-order valence-electron chi connectivity index (χ4n) is 3.33. The first-order chi connectivity index (χ1) is 10.6. The molecular formula is C16H19N5S. The maximum atomic E-state index is 4.70. The molecule has 1 saturated heterocycles. The van der Waals surface area contributed by atoms with Gasteiger partial charge in [-0.05, 0) is 44.7 Å². The zero-order valence-corrected chi connectivity index (χ0v) is 13.9. The van der Waals surface area contributed by atoms with Gasteiger partial charge in [-0.1, -0.05) is 0 Å². The van der Waals surface area contributed by atoms with Crippen LogP contribution in [-0.2, 0) is 0 Å². The molecule has 0 amide bonds. The van der Waals surface area contributed by atoms with Crippen molar-refractivity contribution in [2.75, 3.05) is 18.0 Å². The molecule has 1 aliphatic rings. The average Bonchev–Trinajstić information content (AvgIpc) is 3.17. The molecule has 3 aromatic heterocycles. The summed E-state index contributed by atoms with van der Waals surface area (Å²) in [6, 6.07) is 4.71. The third-order valence-corrected chi connectivity index (χ3v) is 5.08. The van der Waals surface area contributed by atoms with E-state index in [9.17, 15) is 0 Å². The van der Waals surface area contributed by atoms with Crippen LogP contribution < -0.4 is 4.90 Å². The summed E-state index contributed by atoms with van der Waals surface area (Å²) in [5, 5.41) is 7.91. The number of thiophene rings is 1. The highest BCUT2D eigenvalue weighted by Gasteiger charge is 2.28. The van der Waals surface area contributed by atoms with Crippen molar-refractivity contribution in [3.05, 3.63) is 34.7 Å². The van der Waals surface area contributed by atoms with Gasteiger partial charge in [0.25, 0.3) is 0 Å². The van der Waals surface area contributed by atoms with Gasteiger partial charge in [-0.25, -0.2) is 9.97 Å². The maximum absolute atomic E-state index is 4.70. The number of rotatable bonds is 2. The van der Waals surface area contributed by atoms with E-state index in [1.54, 1.807) is 11.3 Å². The molecule has 4 heterocycles. The van der Waals surface area contributed by atoms with Gasteiger partial charge in [-0.2, -0.15) is 5.10 Å². The Balaban J connectivity index is 1.67. The minimum Gasteiger partial charge on any atom is -0.354 e. The molecule has 0 radical (unpaired) electrons. The van der Waals surface area contributed by atoms with Crippen molar-refractivity contribution in [2.45, 2.75) is 33.2 Å². The number of aromatic nitrogens is 4. The highest BCUT2D eigenvalue weighted by Crippen LogP contribution is 2.32. The number of nitrogens with zero attached hydrogens (tertiary/aromatic N) is 5. The van der Waals surface area contributed by atoms with Crippen molar-refractivity contribution in [1.29, 1.82) is 0 Å². The molecule has 1 aliphatic heterocycles. The second kappa shape index (κ2) is 5.05. The predicted molar refractivity (Wildman–Crippen MR) is 89.7 cm³/mol. The smallest absolute Gasteiger partial charge is 0.141 e. The molecule has 0 aliphatic carbocycles. The molecular weight excluding hydrogens is 294 g/mol. The van der Waals surface area contributed by atoms with E-state index in [2.05, 4.69) is 51.0 Å². The van der Waals surface area contributed by atoms with Gasteiger partial charge in [0.15, 0.2) is 0 Å². The zero-order chi connectivity index (χ0) is 15.3. The van der Waals surface area contributed by atoms with E-state index in [1.165, 1.54) is 11.1 Å². The van der Waals surface area contributed by atoms with E-state index < -0.39 is 0 Å². The summed E-state index contributed by atoms with van der Waals surface area (Å²) < 4.78 is 2.17. The molecule has 3 aromatic rings. The molecule has 1 atom stereocenters. The number of hydrogen-bond acceptors (Lipinski definition) is 5. The Morgan fingerprint density at radius 1 is 1.23 bits per heavy atom. The molecule has 4 rings (SSSR count). The van der Waals surface area contributed by atoms with E-state index in [1.807, 2.05) is 6.92 Å². The lowest BCUT2D eigenvalue weighted by molar-refractivity contribution is 0.481. The van der Waals surface area contributed by atoms with E-state index in [0.29, 0.717) is 6.04 Å². The SMILES string of the molecule is Cc1cc(C)n([C@@H]2CCN(c3nc(C)nc4sccc34)C2)n1. The van der Waals surface area contributed by atoms with E-state index in [0.717, 1.165) is 41.7 Å². The first-order valence-electron chi connectivity index (χ1n) is 7.61. The van der Waals surface area contributed by atoms with Crippen LogP contribution in [0.5, 0.6) is 0 Å². The standard InChI is InChI=1S/C16H19N5S/c1-10-8-11(2)21(19-10)13-4-6-20(9-13)15-14-5-7-22-16(14)18-12(3)17-15/h5,7-8,13H,4,6,9H2,1-3H3/t13-/m1/s1. The van der Waals surface area contributed by atoms with Gasteiger partial charge in [0.05, 0.1) is 17.1 Å². The molecule has 114 valence electrons. The number of anilines is 1. The van der Waals surface area contributed by atoms with Gasteiger partial charge in [-0.3, -0.25) is 4.68 Å². The van der Waals surface area contributed by atoms with Crippen molar-refractivity contribution >= 4 is 27.4 Å². The van der Waals surface area contributed by atoms with Crippen LogP contribution >= 0.6 is 11.3 Å². The zero-order valence-electron chi connectivity index (χ0n) is 13.1.